The quantitative estimate of drug-likeness (QED) is 0.655. The van der Waals surface area contributed by atoms with Crippen LogP contribution in [0.3, 0.4) is 0 Å². The summed E-state index contributed by atoms with van der Waals surface area (Å²) < 4.78 is 23.2. The molecule has 134 valence electrons. The van der Waals surface area contributed by atoms with Gasteiger partial charge in [-0.25, -0.2) is 23.5 Å². The zero-order valence-electron chi connectivity index (χ0n) is 13.1. The van der Waals surface area contributed by atoms with Crippen LogP contribution < -0.4 is 15.4 Å². The molecule has 1 fully saturated rings. The molecule has 0 amide bonds. The number of nitrogens with one attached hydrogen (secondary N) is 1. The molecule has 0 bridgehead atoms. The first kappa shape index (κ1) is 18.0. The largest absolute Gasteiger partial charge is 0.391 e. The van der Waals surface area contributed by atoms with Gasteiger partial charge in [-0.3, -0.25) is 0 Å². The number of nitrogens with zero attached hydrogens (tertiary/aromatic N) is 4. The van der Waals surface area contributed by atoms with Crippen LogP contribution in [0.25, 0.3) is 0 Å². The van der Waals surface area contributed by atoms with Gasteiger partial charge in [-0.2, -0.15) is 4.98 Å². The Hall–Kier alpha value is -1.82. The molecule has 0 saturated carbocycles. The predicted octanol–water partition coefficient (Wildman–Crippen LogP) is 0.986. The first-order chi connectivity index (χ1) is 11.8. The van der Waals surface area contributed by atoms with Crippen molar-refractivity contribution in [3.63, 3.8) is 0 Å². The molecule has 0 radical (unpaired) electrons. The van der Waals surface area contributed by atoms with Gasteiger partial charge in [0.25, 0.3) is 10.0 Å². The summed E-state index contributed by atoms with van der Waals surface area (Å²) in [6, 6.07) is 2.83. The Bertz CT molecular complexity index is 861. The van der Waals surface area contributed by atoms with E-state index < -0.39 is 10.0 Å². The fraction of sp³-hybridized carbons (Fsp3) is 0.357. The molecule has 2 aromatic rings. The predicted molar refractivity (Wildman–Crippen MR) is 96.1 cm³/mol. The number of sulfonamides is 1. The number of β-amino-alcohol motifs (C(OH)–C–C–N with tert-alkyl or cyclic N) is 1. The molecule has 9 nitrogen and oxygen atoms in total. The van der Waals surface area contributed by atoms with Crippen LogP contribution in [-0.2, 0) is 10.0 Å². The molecule has 0 spiro atoms. The number of rotatable bonds is 4. The van der Waals surface area contributed by atoms with Crippen LogP contribution in [0.2, 0.25) is 0 Å². The van der Waals surface area contributed by atoms with E-state index in [4.69, 9.17) is 5.14 Å². The first-order valence-corrected chi connectivity index (χ1v) is 9.88. The van der Waals surface area contributed by atoms with Crippen molar-refractivity contribution in [1.29, 1.82) is 0 Å². The minimum Gasteiger partial charge on any atom is -0.391 e. The second-order valence-electron chi connectivity index (χ2n) is 5.66. The Kier molecular flexibility index (Phi) is 5.18. The van der Waals surface area contributed by atoms with Crippen molar-refractivity contribution in [3.05, 3.63) is 29.0 Å². The molecule has 1 saturated heterocycles. The number of halogens is 1. The van der Waals surface area contributed by atoms with Gasteiger partial charge in [0.1, 0.15) is 5.82 Å². The van der Waals surface area contributed by atoms with Crippen molar-refractivity contribution in [1.82, 2.24) is 15.0 Å². The van der Waals surface area contributed by atoms with Crippen molar-refractivity contribution < 1.29 is 13.5 Å². The van der Waals surface area contributed by atoms with Crippen LogP contribution in [0.1, 0.15) is 12.8 Å². The number of primary sulfonamides is 1. The maximum Gasteiger partial charge on any atom is 0.255 e. The van der Waals surface area contributed by atoms with Crippen LogP contribution in [0.15, 0.2) is 34.0 Å². The number of nitrogens with two attached hydrogens (primary N) is 1. The van der Waals surface area contributed by atoms with Crippen molar-refractivity contribution in [2.24, 2.45) is 5.14 Å². The van der Waals surface area contributed by atoms with Gasteiger partial charge in [0, 0.05) is 19.3 Å². The number of aliphatic hydroxyl groups excluding tert-OH is 1. The number of pyridine rings is 1. The lowest BCUT2D eigenvalue weighted by molar-refractivity contribution is 0.154. The number of anilines is 3. The molecule has 1 unspecified atom stereocenters. The number of aliphatic hydroxyl groups is 1. The molecule has 11 heteroatoms. The molecule has 2 aromatic heterocycles. The summed E-state index contributed by atoms with van der Waals surface area (Å²) in [4.78, 5) is 14.5. The summed E-state index contributed by atoms with van der Waals surface area (Å²) in [5.74, 6) is 1.02. The van der Waals surface area contributed by atoms with E-state index in [2.05, 4.69) is 36.2 Å². The Morgan fingerprint density at radius 2 is 2.12 bits per heavy atom. The summed E-state index contributed by atoms with van der Waals surface area (Å²) in [6.45, 7) is 1.32. The topological polar surface area (TPSA) is 134 Å². The molecule has 1 atom stereocenters. The highest BCUT2D eigenvalue weighted by molar-refractivity contribution is 9.10. The molecule has 1 aliphatic heterocycles. The van der Waals surface area contributed by atoms with Crippen LogP contribution in [0.4, 0.5) is 17.5 Å². The van der Waals surface area contributed by atoms with E-state index in [9.17, 15) is 13.5 Å². The maximum atomic E-state index is 11.2. The average Bonchev–Trinajstić information content (AvgIpc) is 2.56. The van der Waals surface area contributed by atoms with E-state index >= 15 is 0 Å². The fourth-order valence-corrected chi connectivity index (χ4v) is 3.44. The molecule has 3 heterocycles. The van der Waals surface area contributed by atoms with E-state index in [0.29, 0.717) is 24.0 Å². The third-order valence-corrected chi connectivity index (χ3v) is 5.09. The minimum atomic E-state index is -3.83. The van der Waals surface area contributed by atoms with Gasteiger partial charge < -0.3 is 15.3 Å². The zero-order valence-corrected chi connectivity index (χ0v) is 15.5. The van der Waals surface area contributed by atoms with Gasteiger partial charge in [0.05, 0.1) is 22.5 Å². The van der Waals surface area contributed by atoms with Gasteiger partial charge in [0.2, 0.25) is 5.95 Å². The van der Waals surface area contributed by atoms with E-state index in [1.807, 2.05) is 4.90 Å². The van der Waals surface area contributed by atoms with Crippen molar-refractivity contribution in [2.45, 2.75) is 24.0 Å². The number of piperidine rings is 1. The Labute approximate surface area is 153 Å². The summed E-state index contributed by atoms with van der Waals surface area (Å²) >= 11 is 3.43. The average molecular weight is 429 g/mol. The smallest absolute Gasteiger partial charge is 0.255 e. The Morgan fingerprint density at radius 3 is 2.76 bits per heavy atom. The third-order valence-electron chi connectivity index (χ3n) is 3.71. The number of hydrogen-bond acceptors (Lipinski definition) is 8. The highest BCUT2D eigenvalue weighted by atomic mass is 79.9. The molecule has 25 heavy (non-hydrogen) atoms. The second-order valence-corrected chi connectivity index (χ2v) is 8.02. The van der Waals surface area contributed by atoms with Crippen molar-refractivity contribution in [3.8, 4) is 0 Å². The first-order valence-electron chi connectivity index (χ1n) is 7.54. The molecular formula is C14H17BrN6O3S. The molecular weight excluding hydrogens is 412 g/mol. The maximum absolute atomic E-state index is 11.2. The molecule has 1 aliphatic rings. The highest BCUT2D eigenvalue weighted by Crippen LogP contribution is 2.27. The third kappa shape index (κ3) is 4.42. The lowest BCUT2D eigenvalue weighted by Gasteiger charge is -2.31. The van der Waals surface area contributed by atoms with Crippen LogP contribution >= 0.6 is 15.9 Å². The summed E-state index contributed by atoms with van der Waals surface area (Å²) in [5, 5.41) is 17.6. The molecule has 0 aliphatic carbocycles. The minimum absolute atomic E-state index is 0.210. The lowest BCUT2D eigenvalue weighted by Crippen LogP contribution is -2.39. The highest BCUT2D eigenvalue weighted by Gasteiger charge is 2.21. The second kappa shape index (κ2) is 7.20. The lowest BCUT2D eigenvalue weighted by atomic mass is 10.1. The van der Waals surface area contributed by atoms with Crippen molar-refractivity contribution >= 4 is 43.4 Å². The van der Waals surface area contributed by atoms with Gasteiger partial charge in [-0.1, -0.05) is 0 Å². The van der Waals surface area contributed by atoms with Crippen LogP contribution in [-0.4, -0.2) is 47.7 Å². The van der Waals surface area contributed by atoms with Gasteiger partial charge in [-0.05, 0) is 40.9 Å². The SMILES string of the molecule is NS(=O)(=O)c1ccc(Nc2ncc(Br)c(N3CCCC(O)C3)n2)cn1. The standard InChI is InChI=1S/C14H17BrN6O3S/c15-11-7-18-14(20-13(11)21-5-1-2-10(22)8-21)19-9-3-4-12(17-6-9)25(16,23)24/h3-4,6-7,10,22H,1-2,5,8H2,(H2,16,23,24)(H,18,19,20). The Balaban J connectivity index is 1.80. The van der Waals surface area contributed by atoms with Gasteiger partial charge in [0.15, 0.2) is 5.03 Å². The molecule has 3 rings (SSSR count). The van der Waals surface area contributed by atoms with Crippen LogP contribution in [0.5, 0.6) is 0 Å². The fourth-order valence-electron chi connectivity index (χ4n) is 2.54. The van der Waals surface area contributed by atoms with Gasteiger partial charge in [-0.15, -0.1) is 0 Å². The monoisotopic (exact) mass is 428 g/mol. The van der Waals surface area contributed by atoms with E-state index in [-0.39, 0.29) is 11.1 Å². The van der Waals surface area contributed by atoms with Crippen LogP contribution in [0, 0.1) is 0 Å². The molecule has 4 N–H and O–H groups in total. The van der Waals surface area contributed by atoms with E-state index in [1.54, 1.807) is 6.20 Å². The van der Waals surface area contributed by atoms with Gasteiger partial charge >= 0.3 is 0 Å². The zero-order chi connectivity index (χ0) is 18.0. The summed E-state index contributed by atoms with van der Waals surface area (Å²) in [6.07, 6.45) is 4.26. The summed E-state index contributed by atoms with van der Waals surface area (Å²) in [5.41, 5.74) is 0.527. The number of hydrogen-bond donors (Lipinski definition) is 3. The molecule has 0 aromatic carbocycles. The summed E-state index contributed by atoms with van der Waals surface area (Å²) in [7, 11) is -3.83. The van der Waals surface area contributed by atoms with Crippen molar-refractivity contribution in [2.75, 3.05) is 23.3 Å². The van der Waals surface area contributed by atoms with E-state index in [0.717, 1.165) is 23.9 Å². The number of aromatic nitrogens is 3. The Morgan fingerprint density at radius 1 is 1.32 bits per heavy atom. The normalized spacial score (nSPS) is 18.2. The van der Waals surface area contributed by atoms with E-state index in [1.165, 1.54) is 18.3 Å².